The van der Waals surface area contributed by atoms with Gasteiger partial charge in [-0.05, 0) is 136 Å². The van der Waals surface area contributed by atoms with Crippen LogP contribution in [0.25, 0.3) is 38.9 Å². The number of ether oxygens (including phenoxy) is 1. The number of benzene rings is 3. The van der Waals surface area contributed by atoms with E-state index in [-0.39, 0.29) is 40.4 Å². The molecule has 1 amide bonds. The second-order valence-corrected chi connectivity index (χ2v) is 19.8. The first-order valence-corrected chi connectivity index (χ1v) is 23.7. The standard InChI is InChI=1S/C52H51F2N9O5/c1-6-7-40-43-38(57-63(36-20-28(2)44(53)29(3)21-36)46(43)60-18-17-59(50(60)66)41-11-8-32-12-16-55-27-37(32)45(41)54)22-31(5)61(40)47(64)42-24-35-23-33(34-13-19-67-51(26-34)14-15-51)9-10-39(35)62(42)52(25-30(52)4)48-56-49(65)68-58-48/h8-12,16-18,20-21,23-24,27,30-31,34,40H,6-7,13-15,19,22,25-26H2,1-5H3,(H,56,58,65)/t30-,31+,34-,40-,52-/m0/s1. The number of aromatic amines is 1. The van der Waals surface area contributed by atoms with Gasteiger partial charge in [0.25, 0.3) is 5.91 Å². The molecule has 0 bridgehead atoms. The summed E-state index contributed by atoms with van der Waals surface area (Å²) in [6, 6.07) is 15.9. The van der Waals surface area contributed by atoms with Crippen molar-refractivity contribution < 1.29 is 22.8 Å². The summed E-state index contributed by atoms with van der Waals surface area (Å²) in [6.07, 6.45) is 12.3. The van der Waals surface area contributed by atoms with Gasteiger partial charge in [-0.25, -0.2) is 23.1 Å². The van der Waals surface area contributed by atoms with Crippen molar-refractivity contribution in [3.63, 3.8) is 0 Å². The van der Waals surface area contributed by atoms with Crippen LogP contribution < -0.4 is 11.4 Å². The summed E-state index contributed by atoms with van der Waals surface area (Å²) in [5.41, 5.74) is 3.82. The molecule has 14 nitrogen and oxygen atoms in total. The van der Waals surface area contributed by atoms with Gasteiger partial charge in [0.15, 0.2) is 11.6 Å². The zero-order chi connectivity index (χ0) is 47.0. The molecule has 7 heterocycles. The van der Waals surface area contributed by atoms with Gasteiger partial charge in [0, 0.05) is 65.7 Å². The fourth-order valence-corrected chi connectivity index (χ4v) is 11.7. The maximum Gasteiger partial charge on any atom is 0.438 e. The lowest BCUT2D eigenvalue weighted by Crippen LogP contribution is -2.47. The van der Waals surface area contributed by atoms with Crippen LogP contribution in [-0.2, 0) is 16.7 Å². The first-order chi connectivity index (χ1) is 32.8. The number of halogens is 2. The van der Waals surface area contributed by atoms with Crippen molar-refractivity contribution >= 4 is 27.6 Å². The zero-order valence-corrected chi connectivity index (χ0v) is 38.6. The Morgan fingerprint density at radius 1 is 0.941 bits per heavy atom. The Bertz CT molecular complexity index is 3480. The molecule has 2 saturated carbocycles. The number of aryl methyl sites for hydroxylation is 2. The number of amides is 1. The molecule has 3 aromatic carbocycles. The average Bonchev–Trinajstić information content (AvgIpc) is 3.86. The summed E-state index contributed by atoms with van der Waals surface area (Å²) in [6.45, 7) is 10.3. The number of carbonyl (C=O) groups is 1. The smallest absolute Gasteiger partial charge is 0.375 e. The number of nitrogens with one attached hydrogen (secondary N) is 1. The summed E-state index contributed by atoms with van der Waals surface area (Å²) in [5, 5.41) is 11.3. The fourth-order valence-electron chi connectivity index (χ4n) is 11.7. The molecule has 12 rings (SSSR count). The van der Waals surface area contributed by atoms with Crippen molar-refractivity contribution in [1.82, 2.24) is 43.5 Å². The highest BCUT2D eigenvalue weighted by Gasteiger charge is 2.59. The van der Waals surface area contributed by atoms with Gasteiger partial charge >= 0.3 is 11.4 Å². The number of H-pyrrole nitrogens is 1. The van der Waals surface area contributed by atoms with Gasteiger partial charge in [-0.15, -0.1) is 0 Å². The topological polar surface area (TPSA) is 151 Å². The van der Waals surface area contributed by atoms with Crippen LogP contribution in [0.3, 0.4) is 0 Å². The van der Waals surface area contributed by atoms with Crippen molar-refractivity contribution in [2.24, 2.45) is 5.92 Å². The predicted molar refractivity (Wildman–Crippen MR) is 250 cm³/mol. The van der Waals surface area contributed by atoms with E-state index < -0.39 is 28.8 Å². The molecule has 2 aliphatic carbocycles. The Kier molecular flexibility index (Phi) is 9.54. The molecule has 348 valence electrons. The lowest BCUT2D eigenvalue weighted by atomic mass is 9.87. The molecule has 1 N–H and O–H groups in total. The van der Waals surface area contributed by atoms with Crippen LogP contribution in [0.4, 0.5) is 8.78 Å². The summed E-state index contributed by atoms with van der Waals surface area (Å²) in [4.78, 5) is 52.4. The zero-order valence-electron chi connectivity index (χ0n) is 38.6. The largest absolute Gasteiger partial charge is 0.438 e. The third kappa shape index (κ3) is 6.35. The van der Waals surface area contributed by atoms with E-state index in [0.717, 1.165) is 43.2 Å². The van der Waals surface area contributed by atoms with Gasteiger partial charge in [-0.1, -0.05) is 37.6 Å². The van der Waals surface area contributed by atoms with E-state index >= 15 is 13.6 Å². The first-order valence-electron chi connectivity index (χ1n) is 23.7. The molecule has 5 aromatic heterocycles. The highest BCUT2D eigenvalue weighted by Crippen LogP contribution is 2.57. The molecular weight excluding hydrogens is 869 g/mol. The molecule has 16 heteroatoms. The number of pyridine rings is 1. The lowest BCUT2D eigenvalue weighted by Gasteiger charge is -2.41. The number of rotatable bonds is 9. The number of aromatic nitrogens is 8. The number of carbonyl (C=O) groups excluding carboxylic acids is 1. The fraction of sp³-hybridized carbons (Fsp3) is 0.385. The summed E-state index contributed by atoms with van der Waals surface area (Å²) in [7, 11) is 0. The third-order valence-corrected chi connectivity index (χ3v) is 15.4. The first kappa shape index (κ1) is 42.4. The molecule has 2 aliphatic heterocycles. The number of imidazole rings is 1. The van der Waals surface area contributed by atoms with E-state index in [0.29, 0.717) is 82.4 Å². The van der Waals surface area contributed by atoms with E-state index in [9.17, 15) is 9.59 Å². The van der Waals surface area contributed by atoms with Gasteiger partial charge in [0.05, 0.1) is 28.7 Å². The maximum absolute atomic E-state index is 16.3. The Balaban J connectivity index is 1.04. The van der Waals surface area contributed by atoms with Crippen molar-refractivity contribution in [3.05, 3.63) is 152 Å². The van der Waals surface area contributed by atoms with E-state index in [4.69, 9.17) is 14.4 Å². The van der Waals surface area contributed by atoms with Gasteiger partial charge < -0.3 is 14.2 Å². The van der Waals surface area contributed by atoms with Gasteiger partial charge in [0.2, 0.25) is 0 Å². The predicted octanol–water partition coefficient (Wildman–Crippen LogP) is 9.03. The second-order valence-electron chi connectivity index (χ2n) is 19.8. The van der Waals surface area contributed by atoms with Crippen LogP contribution >= 0.6 is 0 Å². The van der Waals surface area contributed by atoms with E-state index in [2.05, 4.69) is 51.7 Å². The second kappa shape index (κ2) is 15.3. The van der Waals surface area contributed by atoms with E-state index in [1.807, 2.05) is 17.9 Å². The number of nitrogens with zero attached hydrogens (tertiary/aromatic N) is 8. The van der Waals surface area contributed by atoms with Gasteiger partial charge in [0.1, 0.15) is 22.9 Å². The van der Waals surface area contributed by atoms with Crippen molar-refractivity contribution in [1.29, 1.82) is 0 Å². The van der Waals surface area contributed by atoms with Gasteiger partial charge in [-0.3, -0.25) is 28.4 Å². The Labute approximate surface area is 389 Å². The third-order valence-electron chi connectivity index (χ3n) is 15.4. The number of fused-ring (bicyclic) bond motifs is 3. The van der Waals surface area contributed by atoms with E-state index in [1.54, 1.807) is 61.3 Å². The van der Waals surface area contributed by atoms with Crippen LogP contribution in [0.15, 0.2) is 93.5 Å². The van der Waals surface area contributed by atoms with Crippen molar-refractivity contribution in [3.8, 4) is 17.2 Å². The number of hydrogen-bond donors (Lipinski definition) is 1. The van der Waals surface area contributed by atoms with Crippen LogP contribution in [0, 0.1) is 31.4 Å². The van der Waals surface area contributed by atoms with Crippen LogP contribution in [-0.4, -0.2) is 67.7 Å². The molecule has 1 spiro atoms. The van der Waals surface area contributed by atoms with Crippen LogP contribution in [0.1, 0.15) is 122 Å². The maximum atomic E-state index is 16.3. The highest BCUT2D eigenvalue weighted by molar-refractivity contribution is 6.00. The molecule has 3 fully saturated rings. The minimum Gasteiger partial charge on any atom is -0.375 e. The average molecular weight is 920 g/mol. The quantitative estimate of drug-likeness (QED) is 0.151. The summed E-state index contributed by atoms with van der Waals surface area (Å²) < 4.78 is 49.3. The number of hydrogen-bond acceptors (Lipinski definition) is 8. The highest BCUT2D eigenvalue weighted by atomic mass is 19.1. The summed E-state index contributed by atoms with van der Waals surface area (Å²) >= 11 is 0. The molecule has 1 saturated heterocycles. The summed E-state index contributed by atoms with van der Waals surface area (Å²) in [5.74, 6) is -0.765. The molecular formula is C52H51F2N9O5. The molecule has 5 atom stereocenters. The minimum absolute atomic E-state index is 0.000752. The normalized spacial score (nSPS) is 22.9. The van der Waals surface area contributed by atoms with Crippen molar-refractivity contribution in [2.75, 3.05) is 6.61 Å². The molecule has 68 heavy (non-hydrogen) atoms. The molecule has 4 aliphatic rings. The SMILES string of the molecule is CCC[C@H]1c2c(nn(-c3cc(C)c(F)c(C)c3)c2-n2ccn(-c3ccc4ccncc4c3F)c2=O)C[C@@H](C)N1C(=O)c1cc2cc([C@H]3CCOC4(CC4)C3)ccc2n1[C@@]1(c2noc(=O)[nH]2)C[C@@H]1C. The van der Waals surface area contributed by atoms with Crippen LogP contribution in [0.2, 0.25) is 0 Å². The minimum atomic E-state index is -0.861. The Hall–Kier alpha value is -6.94. The molecule has 0 unspecified atom stereocenters. The molecule has 0 radical (unpaired) electrons. The Morgan fingerprint density at radius 3 is 2.44 bits per heavy atom. The Morgan fingerprint density at radius 2 is 1.72 bits per heavy atom. The lowest BCUT2D eigenvalue weighted by molar-refractivity contribution is -0.0132. The van der Waals surface area contributed by atoms with E-state index in [1.165, 1.54) is 27.1 Å². The van der Waals surface area contributed by atoms with Crippen molar-refractivity contribution in [2.45, 2.75) is 115 Å². The molecule has 8 aromatic rings. The van der Waals surface area contributed by atoms with Gasteiger partial charge in [-0.2, -0.15) is 5.10 Å². The van der Waals surface area contributed by atoms with Crippen LogP contribution in [0.5, 0.6) is 0 Å². The monoisotopic (exact) mass is 919 g/mol.